The van der Waals surface area contributed by atoms with Crippen molar-refractivity contribution in [3.63, 3.8) is 0 Å². The zero-order valence-corrected chi connectivity index (χ0v) is 16.3. The van der Waals surface area contributed by atoms with Gasteiger partial charge in [-0.15, -0.1) is 0 Å². The maximum absolute atomic E-state index is 12.6. The summed E-state index contributed by atoms with van der Waals surface area (Å²) in [6.45, 7) is 4.74. The van der Waals surface area contributed by atoms with Crippen LogP contribution in [0.5, 0.6) is 5.75 Å². The molecule has 0 spiro atoms. The Morgan fingerprint density at radius 3 is 2.44 bits per heavy atom. The fourth-order valence-electron chi connectivity index (χ4n) is 2.88. The number of nitrogens with zero attached hydrogens (tertiary/aromatic N) is 2. The minimum Gasteiger partial charge on any atom is -0.481 e. The number of halogens is 2. The molecule has 0 saturated carbocycles. The van der Waals surface area contributed by atoms with Gasteiger partial charge in [0.2, 0.25) is 0 Å². The number of carbonyl (C=O) groups excluding carboxylic acids is 1. The molecule has 4 nitrogen and oxygen atoms in total. The summed E-state index contributed by atoms with van der Waals surface area (Å²) in [7, 11) is 0. The molecule has 0 radical (unpaired) electrons. The predicted molar refractivity (Wildman–Crippen MR) is 104 cm³/mol. The number of carbonyl (C=O) groups is 1. The molecule has 0 unspecified atom stereocenters. The van der Waals surface area contributed by atoms with E-state index >= 15 is 0 Å². The van der Waals surface area contributed by atoms with E-state index in [1.165, 1.54) is 0 Å². The van der Waals surface area contributed by atoms with Gasteiger partial charge in [0, 0.05) is 41.4 Å². The van der Waals surface area contributed by atoms with Gasteiger partial charge >= 0.3 is 0 Å². The van der Waals surface area contributed by atoms with Crippen molar-refractivity contribution in [1.82, 2.24) is 4.90 Å². The van der Waals surface area contributed by atoms with Crippen molar-refractivity contribution in [2.45, 2.75) is 13.0 Å². The van der Waals surface area contributed by atoms with Crippen LogP contribution < -0.4 is 9.64 Å². The molecule has 1 fully saturated rings. The second kappa shape index (κ2) is 8.11. The van der Waals surface area contributed by atoms with Gasteiger partial charge in [0.15, 0.2) is 6.10 Å². The number of ether oxygens (including phenoxy) is 1. The summed E-state index contributed by atoms with van der Waals surface area (Å²) >= 11 is 9.45. The lowest BCUT2D eigenvalue weighted by molar-refractivity contribution is -0.138. The van der Waals surface area contributed by atoms with Gasteiger partial charge in [0.1, 0.15) is 5.75 Å². The van der Waals surface area contributed by atoms with E-state index in [-0.39, 0.29) is 5.91 Å². The van der Waals surface area contributed by atoms with E-state index in [1.807, 2.05) is 53.4 Å². The molecule has 1 aliphatic rings. The zero-order valence-electron chi connectivity index (χ0n) is 14.0. The van der Waals surface area contributed by atoms with Crippen molar-refractivity contribution in [2.75, 3.05) is 31.1 Å². The normalized spacial score (nSPS) is 15.8. The van der Waals surface area contributed by atoms with E-state index in [9.17, 15) is 4.79 Å². The minimum absolute atomic E-state index is 0.0219. The molecule has 0 aromatic heterocycles. The molecule has 6 heteroatoms. The van der Waals surface area contributed by atoms with E-state index in [2.05, 4.69) is 20.8 Å². The summed E-state index contributed by atoms with van der Waals surface area (Å²) in [6.07, 6.45) is -0.501. The second-order valence-corrected chi connectivity index (χ2v) is 7.36. The molecule has 3 rings (SSSR count). The molecule has 1 saturated heterocycles. The Balaban J connectivity index is 1.54. The van der Waals surface area contributed by atoms with Gasteiger partial charge in [-0.1, -0.05) is 33.6 Å². The number of benzene rings is 2. The van der Waals surface area contributed by atoms with E-state index < -0.39 is 6.10 Å². The fourth-order valence-corrected chi connectivity index (χ4v) is 3.33. The number of anilines is 1. The highest BCUT2D eigenvalue weighted by atomic mass is 79.9. The van der Waals surface area contributed by atoms with Crippen LogP contribution in [0.25, 0.3) is 0 Å². The second-order valence-electron chi connectivity index (χ2n) is 6.01. The van der Waals surface area contributed by atoms with Crippen LogP contribution in [0.2, 0.25) is 5.02 Å². The molecule has 1 aliphatic heterocycles. The van der Waals surface area contributed by atoms with E-state index in [0.29, 0.717) is 18.8 Å². The lowest BCUT2D eigenvalue weighted by Gasteiger charge is -2.37. The summed E-state index contributed by atoms with van der Waals surface area (Å²) in [5, 5.41) is 0.729. The van der Waals surface area contributed by atoms with E-state index in [1.54, 1.807) is 6.92 Å². The SMILES string of the molecule is C[C@@H](Oc1ccc(Br)cc1)C(=O)N1CCN(c2cccc(Cl)c2)CC1. The molecule has 25 heavy (non-hydrogen) atoms. The highest BCUT2D eigenvalue weighted by molar-refractivity contribution is 9.10. The van der Waals surface area contributed by atoms with Crippen LogP contribution in [-0.4, -0.2) is 43.1 Å². The Hall–Kier alpha value is -1.72. The molecule has 2 aromatic carbocycles. The average molecular weight is 424 g/mol. The fraction of sp³-hybridized carbons (Fsp3) is 0.316. The third-order valence-corrected chi connectivity index (χ3v) is 5.00. The quantitative estimate of drug-likeness (QED) is 0.738. The molecule has 0 N–H and O–H groups in total. The molecule has 1 atom stereocenters. The first kappa shape index (κ1) is 18.1. The minimum atomic E-state index is -0.501. The predicted octanol–water partition coefficient (Wildman–Crippen LogP) is 4.22. The van der Waals surface area contributed by atoms with Gasteiger partial charge in [-0.3, -0.25) is 4.79 Å². The maximum atomic E-state index is 12.6. The molecule has 1 heterocycles. The zero-order chi connectivity index (χ0) is 17.8. The van der Waals surface area contributed by atoms with Crippen molar-refractivity contribution in [3.05, 3.63) is 58.0 Å². The third kappa shape index (κ3) is 4.67. The number of hydrogen-bond donors (Lipinski definition) is 0. The lowest BCUT2D eigenvalue weighted by Crippen LogP contribution is -2.52. The maximum Gasteiger partial charge on any atom is 0.263 e. The largest absolute Gasteiger partial charge is 0.481 e. The van der Waals surface area contributed by atoms with E-state index in [4.69, 9.17) is 16.3 Å². The Kier molecular flexibility index (Phi) is 5.86. The number of piperazine rings is 1. The van der Waals surface area contributed by atoms with Crippen LogP contribution in [0.4, 0.5) is 5.69 Å². The average Bonchev–Trinajstić information content (AvgIpc) is 2.63. The monoisotopic (exact) mass is 422 g/mol. The Morgan fingerprint density at radius 2 is 1.80 bits per heavy atom. The summed E-state index contributed by atoms with van der Waals surface area (Å²) in [4.78, 5) is 16.7. The Morgan fingerprint density at radius 1 is 1.12 bits per heavy atom. The Bertz CT molecular complexity index is 730. The van der Waals surface area contributed by atoms with Gasteiger partial charge in [-0.05, 0) is 49.4 Å². The van der Waals surface area contributed by atoms with Gasteiger partial charge in [0.25, 0.3) is 5.91 Å². The summed E-state index contributed by atoms with van der Waals surface area (Å²) in [6, 6.07) is 15.3. The summed E-state index contributed by atoms with van der Waals surface area (Å²) < 4.78 is 6.75. The first-order valence-corrected chi connectivity index (χ1v) is 9.41. The molecule has 132 valence electrons. The highest BCUT2D eigenvalue weighted by Crippen LogP contribution is 2.22. The molecule has 0 bridgehead atoms. The topological polar surface area (TPSA) is 32.8 Å². The first-order valence-electron chi connectivity index (χ1n) is 8.24. The standard InChI is InChI=1S/C19H20BrClN2O2/c1-14(25-18-7-5-15(20)6-8-18)19(24)23-11-9-22(10-12-23)17-4-2-3-16(21)13-17/h2-8,13-14H,9-12H2,1H3/t14-/m1/s1. The van der Waals surface area contributed by atoms with Crippen LogP contribution in [0.15, 0.2) is 53.0 Å². The van der Waals surface area contributed by atoms with Gasteiger partial charge in [-0.2, -0.15) is 0 Å². The number of hydrogen-bond acceptors (Lipinski definition) is 3. The van der Waals surface area contributed by atoms with Crippen molar-refractivity contribution < 1.29 is 9.53 Å². The molecule has 2 aromatic rings. The molecular weight excluding hydrogens is 404 g/mol. The van der Waals surface area contributed by atoms with Crippen molar-refractivity contribution in [1.29, 1.82) is 0 Å². The number of amides is 1. The summed E-state index contributed by atoms with van der Waals surface area (Å²) in [5.74, 6) is 0.718. The number of rotatable bonds is 4. The van der Waals surface area contributed by atoms with Crippen LogP contribution in [0.3, 0.4) is 0 Å². The lowest BCUT2D eigenvalue weighted by atomic mass is 10.2. The van der Waals surface area contributed by atoms with Gasteiger partial charge in [-0.25, -0.2) is 0 Å². The summed E-state index contributed by atoms with van der Waals surface area (Å²) in [5.41, 5.74) is 1.10. The molecule has 0 aliphatic carbocycles. The van der Waals surface area contributed by atoms with Crippen LogP contribution >= 0.6 is 27.5 Å². The molecular formula is C19H20BrClN2O2. The first-order chi connectivity index (χ1) is 12.0. The van der Waals surface area contributed by atoms with Gasteiger partial charge < -0.3 is 14.5 Å². The van der Waals surface area contributed by atoms with Crippen molar-refractivity contribution in [2.24, 2.45) is 0 Å². The highest BCUT2D eigenvalue weighted by Gasteiger charge is 2.26. The Labute approximate surface area is 161 Å². The van der Waals surface area contributed by atoms with E-state index in [0.717, 1.165) is 28.3 Å². The van der Waals surface area contributed by atoms with Crippen molar-refractivity contribution in [3.8, 4) is 5.75 Å². The molecule has 1 amide bonds. The van der Waals surface area contributed by atoms with Crippen LogP contribution in [0, 0.1) is 0 Å². The smallest absolute Gasteiger partial charge is 0.263 e. The van der Waals surface area contributed by atoms with Gasteiger partial charge in [0.05, 0.1) is 0 Å². The van der Waals surface area contributed by atoms with Crippen molar-refractivity contribution >= 4 is 39.1 Å². The third-order valence-electron chi connectivity index (χ3n) is 4.24. The van der Waals surface area contributed by atoms with Crippen LogP contribution in [-0.2, 0) is 4.79 Å². The van der Waals surface area contributed by atoms with Crippen LogP contribution in [0.1, 0.15) is 6.92 Å².